The average molecular weight is 462 g/mol. The molecule has 8 nitrogen and oxygen atoms in total. The van der Waals surface area contributed by atoms with Gasteiger partial charge >= 0.3 is 0 Å². The Morgan fingerprint density at radius 2 is 1.77 bits per heavy atom. The van der Waals surface area contributed by atoms with Crippen molar-refractivity contribution in [2.24, 2.45) is 0 Å². The van der Waals surface area contributed by atoms with Gasteiger partial charge in [0.15, 0.2) is 0 Å². The van der Waals surface area contributed by atoms with E-state index in [1.165, 1.54) is 32.3 Å². The minimum absolute atomic E-state index is 0.00863. The highest BCUT2D eigenvalue weighted by atomic mass is 35.5. The van der Waals surface area contributed by atoms with Crippen LogP contribution in [0.15, 0.2) is 23.1 Å². The number of halogens is 1. The number of unbranched alkanes of at least 4 members (excludes halogenated alkanes) is 2. The van der Waals surface area contributed by atoms with E-state index >= 15 is 0 Å². The number of sulfonamides is 1. The van der Waals surface area contributed by atoms with Crippen molar-refractivity contribution >= 4 is 33.4 Å². The van der Waals surface area contributed by atoms with Crippen LogP contribution in [0.3, 0.4) is 0 Å². The van der Waals surface area contributed by atoms with Gasteiger partial charge in [-0.25, -0.2) is 12.7 Å². The van der Waals surface area contributed by atoms with Gasteiger partial charge in [-0.3, -0.25) is 9.59 Å². The Bertz CT molecular complexity index is 800. The number of hydrogen-bond acceptors (Lipinski definition) is 5. The maximum Gasteiger partial charge on any atom is 0.252 e. The highest BCUT2D eigenvalue weighted by Gasteiger charge is 2.20. The van der Waals surface area contributed by atoms with Crippen molar-refractivity contribution in [3.63, 3.8) is 0 Å². The van der Waals surface area contributed by atoms with E-state index in [2.05, 4.69) is 10.6 Å². The summed E-state index contributed by atoms with van der Waals surface area (Å²) in [5, 5.41) is 5.78. The standard InChI is InChI=1S/C20H32ClN3O5S/c1-4-29-14-8-13-22-19(25)9-6-5-7-12-23-20(26)17-15-16(10-11-18(17)21)30(27,28)24(2)3/h10-11,15H,4-9,12-14H2,1-3H3,(H,22,25)(H,23,26). The molecule has 0 saturated heterocycles. The van der Waals surface area contributed by atoms with Crippen molar-refractivity contribution < 1.29 is 22.7 Å². The van der Waals surface area contributed by atoms with Crippen molar-refractivity contribution in [2.75, 3.05) is 40.4 Å². The summed E-state index contributed by atoms with van der Waals surface area (Å²) in [7, 11) is -0.809. The van der Waals surface area contributed by atoms with Crippen LogP contribution in [0.25, 0.3) is 0 Å². The van der Waals surface area contributed by atoms with Crippen LogP contribution in [0, 0.1) is 0 Å². The first kappa shape index (κ1) is 26.4. The Morgan fingerprint density at radius 3 is 2.43 bits per heavy atom. The molecule has 1 rings (SSSR count). The molecule has 0 unspecified atom stereocenters. The second-order valence-corrected chi connectivity index (χ2v) is 9.46. The van der Waals surface area contributed by atoms with Crippen LogP contribution in [-0.2, 0) is 19.6 Å². The summed E-state index contributed by atoms with van der Waals surface area (Å²) in [6.07, 6.45) is 3.46. The summed E-state index contributed by atoms with van der Waals surface area (Å²) in [6.45, 7) is 4.28. The van der Waals surface area contributed by atoms with Gasteiger partial charge in [0.25, 0.3) is 5.91 Å². The average Bonchev–Trinajstić information content (AvgIpc) is 2.70. The van der Waals surface area contributed by atoms with Crippen molar-refractivity contribution in [1.82, 2.24) is 14.9 Å². The molecule has 1 aromatic carbocycles. The summed E-state index contributed by atoms with van der Waals surface area (Å²) in [5.74, 6) is -0.413. The van der Waals surface area contributed by atoms with Crippen LogP contribution < -0.4 is 10.6 Å². The molecule has 170 valence electrons. The maximum absolute atomic E-state index is 12.4. The number of rotatable bonds is 14. The lowest BCUT2D eigenvalue weighted by atomic mass is 10.1. The molecule has 0 aliphatic carbocycles. The molecule has 0 aliphatic rings. The number of nitrogens with one attached hydrogen (secondary N) is 2. The molecule has 0 radical (unpaired) electrons. The van der Waals surface area contributed by atoms with Gasteiger partial charge in [-0.15, -0.1) is 0 Å². The molecule has 0 heterocycles. The van der Waals surface area contributed by atoms with Gasteiger partial charge in [0, 0.05) is 46.8 Å². The molecule has 2 N–H and O–H groups in total. The predicted molar refractivity (Wildman–Crippen MR) is 117 cm³/mol. The van der Waals surface area contributed by atoms with Gasteiger partial charge in [0.1, 0.15) is 0 Å². The van der Waals surface area contributed by atoms with Crippen molar-refractivity contribution in [3.05, 3.63) is 28.8 Å². The molecule has 0 fully saturated rings. The fraction of sp³-hybridized carbons (Fsp3) is 0.600. The first-order valence-electron chi connectivity index (χ1n) is 10.0. The quantitative estimate of drug-likeness (QED) is 0.414. The third kappa shape index (κ3) is 8.99. The van der Waals surface area contributed by atoms with E-state index in [4.69, 9.17) is 16.3 Å². The summed E-state index contributed by atoms with van der Waals surface area (Å²) in [4.78, 5) is 24.1. The van der Waals surface area contributed by atoms with Crippen LogP contribution in [0.4, 0.5) is 0 Å². The van der Waals surface area contributed by atoms with Crippen LogP contribution in [-0.4, -0.2) is 64.9 Å². The number of ether oxygens (including phenoxy) is 1. The Morgan fingerprint density at radius 1 is 1.07 bits per heavy atom. The Hall–Kier alpha value is -1.68. The molecule has 0 atom stereocenters. The molecule has 1 aromatic rings. The van der Waals surface area contributed by atoms with Gasteiger partial charge in [0.2, 0.25) is 15.9 Å². The second kappa shape index (κ2) is 13.6. The molecule has 30 heavy (non-hydrogen) atoms. The van der Waals surface area contributed by atoms with Crippen molar-refractivity contribution in [3.8, 4) is 0 Å². The lowest BCUT2D eigenvalue weighted by Crippen LogP contribution is -2.26. The van der Waals surface area contributed by atoms with E-state index in [-0.39, 0.29) is 21.4 Å². The normalized spacial score (nSPS) is 11.5. The summed E-state index contributed by atoms with van der Waals surface area (Å²) in [6, 6.07) is 4.05. The zero-order chi connectivity index (χ0) is 22.6. The number of benzene rings is 1. The topological polar surface area (TPSA) is 105 Å². The SMILES string of the molecule is CCOCCCNC(=O)CCCCCNC(=O)c1cc(S(=O)(=O)N(C)C)ccc1Cl. The Balaban J connectivity index is 2.35. The predicted octanol–water partition coefficient (Wildman–Crippen LogP) is 2.42. The van der Waals surface area contributed by atoms with Crippen LogP contribution in [0.1, 0.15) is 49.4 Å². The van der Waals surface area contributed by atoms with E-state index in [0.29, 0.717) is 39.1 Å². The highest BCUT2D eigenvalue weighted by molar-refractivity contribution is 7.89. The molecular formula is C20H32ClN3O5S. The molecule has 0 aliphatic heterocycles. The van der Waals surface area contributed by atoms with Gasteiger partial charge in [0.05, 0.1) is 15.5 Å². The summed E-state index contributed by atoms with van der Waals surface area (Å²) >= 11 is 6.07. The molecule has 0 spiro atoms. The van der Waals surface area contributed by atoms with E-state index in [0.717, 1.165) is 23.6 Å². The zero-order valence-corrected chi connectivity index (χ0v) is 19.4. The molecule has 0 saturated carbocycles. The Kier molecular flexibility index (Phi) is 11.9. The molecule has 0 aromatic heterocycles. The number of amides is 2. The van der Waals surface area contributed by atoms with Crippen LogP contribution in [0.2, 0.25) is 5.02 Å². The number of nitrogens with zero attached hydrogens (tertiary/aromatic N) is 1. The third-order valence-corrected chi connectivity index (χ3v) is 6.46. The third-order valence-electron chi connectivity index (χ3n) is 4.32. The van der Waals surface area contributed by atoms with Crippen molar-refractivity contribution in [1.29, 1.82) is 0 Å². The summed E-state index contributed by atoms with van der Waals surface area (Å²) < 4.78 is 30.7. The van der Waals surface area contributed by atoms with Gasteiger partial charge in [-0.2, -0.15) is 0 Å². The maximum atomic E-state index is 12.4. The summed E-state index contributed by atoms with van der Waals surface area (Å²) in [5.41, 5.74) is 0.117. The number of carbonyl (C=O) groups excluding carboxylic acids is 2. The van der Waals surface area contributed by atoms with Crippen LogP contribution >= 0.6 is 11.6 Å². The lowest BCUT2D eigenvalue weighted by Gasteiger charge is -2.13. The largest absolute Gasteiger partial charge is 0.382 e. The molecular weight excluding hydrogens is 430 g/mol. The van der Waals surface area contributed by atoms with Gasteiger partial charge < -0.3 is 15.4 Å². The lowest BCUT2D eigenvalue weighted by molar-refractivity contribution is -0.121. The zero-order valence-electron chi connectivity index (χ0n) is 17.9. The fourth-order valence-electron chi connectivity index (χ4n) is 2.57. The van der Waals surface area contributed by atoms with Gasteiger partial charge in [-0.1, -0.05) is 18.0 Å². The molecule has 10 heteroatoms. The second-order valence-electron chi connectivity index (χ2n) is 6.90. The van der Waals surface area contributed by atoms with E-state index in [1.807, 2.05) is 6.92 Å². The van der Waals surface area contributed by atoms with E-state index in [9.17, 15) is 18.0 Å². The Labute approximate surface area is 184 Å². The van der Waals surface area contributed by atoms with E-state index < -0.39 is 15.9 Å². The minimum atomic E-state index is -3.65. The smallest absolute Gasteiger partial charge is 0.252 e. The molecule has 2 amide bonds. The first-order chi connectivity index (χ1) is 14.2. The number of hydrogen-bond donors (Lipinski definition) is 2. The first-order valence-corrected chi connectivity index (χ1v) is 11.9. The monoisotopic (exact) mass is 461 g/mol. The van der Waals surface area contributed by atoms with Crippen molar-refractivity contribution in [2.45, 2.75) is 43.9 Å². The minimum Gasteiger partial charge on any atom is -0.382 e. The highest BCUT2D eigenvalue weighted by Crippen LogP contribution is 2.22. The van der Waals surface area contributed by atoms with E-state index in [1.54, 1.807) is 0 Å². The van der Waals surface area contributed by atoms with Crippen LogP contribution in [0.5, 0.6) is 0 Å². The fourth-order valence-corrected chi connectivity index (χ4v) is 3.70. The number of carbonyl (C=O) groups is 2. The van der Waals surface area contributed by atoms with Gasteiger partial charge in [-0.05, 0) is 44.4 Å². The molecule has 0 bridgehead atoms.